The molecule has 0 fully saturated rings. The summed E-state index contributed by atoms with van der Waals surface area (Å²) in [6.07, 6.45) is 1.58. The molecular formula is C9H8BNO3. The third-order valence-electron chi connectivity index (χ3n) is 2.02. The number of aromatic hydroxyl groups is 1. The number of hydrogen-bond donors (Lipinski definition) is 3. The summed E-state index contributed by atoms with van der Waals surface area (Å²) in [5, 5.41) is 28.0. The van der Waals surface area contributed by atoms with Crippen molar-refractivity contribution < 1.29 is 15.2 Å². The van der Waals surface area contributed by atoms with Crippen LogP contribution in [0.25, 0.3) is 10.9 Å². The zero-order valence-electron chi connectivity index (χ0n) is 7.25. The Morgan fingerprint density at radius 3 is 2.71 bits per heavy atom. The Morgan fingerprint density at radius 2 is 2.00 bits per heavy atom. The first-order chi connectivity index (χ1) is 6.68. The van der Waals surface area contributed by atoms with E-state index in [1.807, 2.05) is 0 Å². The number of nitrogens with zero attached hydrogens (tertiary/aromatic N) is 1. The molecule has 3 N–H and O–H groups in total. The van der Waals surface area contributed by atoms with Gasteiger partial charge in [0.15, 0.2) is 0 Å². The van der Waals surface area contributed by atoms with Crippen molar-refractivity contribution in [2.75, 3.05) is 0 Å². The lowest BCUT2D eigenvalue weighted by Crippen LogP contribution is -2.29. The maximum Gasteiger partial charge on any atom is 0.488 e. The second-order valence-electron chi connectivity index (χ2n) is 2.98. The minimum absolute atomic E-state index is 0.00120. The molecule has 1 heterocycles. The molecule has 0 aliphatic carbocycles. The number of phenolic OH excluding ortho intramolecular Hbond substituents is 1. The smallest absolute Gasteiger partial charge is 0.488 e. The molecule has 1 aromatic carbocycles. The van der Waals surface area contributed by atoms with Gasteiger partial charge in [-0.25, -0.2) is 0 Å². The van der Waals surface area contributed by atoms with Crippen LogP contribution in [0.4, 0.5) is 0 Å². The van der Waals surface area contributed by atoms with E-state index in [9.17, 15) is 5.11 Å². The molecule has 0 aliphatic rings. The minimum Gasteiger partial charge on any atom is -0.507 e. The average molecular weight is 189 g/mol. The van der Waals surface area contributed by atoms with Crippen molar-refractivity contribution in [3.8, 4) is 5.75 Å². The Bertz CT molecular complexity index is 473. The predicted octanol–water partition coefficient (Wildman–Crippen LogP) is -0.380. The van der Waals surface area contributed by atoms with Gasteiger partial charge in [0, 0.05) is 11.6 Å². The van der Waals surface area contributed by atoms with Crippen LogP contribution in [-0.2, 0) is 0 Å². The van der Waals surface area contributed by atoms with Crippen molar-refractivity contribution in [3.05, 3.63) is 30.5 Å². The Kier molecular flexibility index (Phi) is 2.11. The minimum atomic E-state index is -1.59. The number of fused-ring (bicyclic) bond motifs is 1. The van der Waals surface area contributed by atoms with Gasteiger partial charge in [-0.2, -0.15) is 0 Å². The Morgan fingerprint density at radius 1 is 1.21 bits per heavy atom. The summed E-state index contributed by atoms with van der Waals surface area (Å²) >= 11 is 0. The molecule has 0 aliphatic heterocycles. The number of phenols is 1. The van der Waals surface area contributed by atoms with Crippen LogP contribution in [0, 0.1) is 0 Å². The third kappa shape index (κ3) is 1.43. The summed E-state index contributed by atoms with van der Waals surface area (Å²) in [5.74, 6) is -0.00120. The van der Waals surface area contributed by atoms with E-state index in [1.54, 1.807) is 18.3 Å². The molecule has 0 unspecified atom stereocenters. The highest BCUT2D eigenvalue weighted by Crippen LogP contribution is 2.20. The maximum absolute atomic E-state index is 9.54. The second-order valence-corrected chi connectivity index (χ2v) is 2.98. The summed E-state index contributed by atoms with van der Waals surface area (Å²) in [5.41, 5.74) is 0.768. The van der Waals surface area contributed by atoms with E-state index < -0.39 is 7.12 Å². The van der Waals surface area contributed by atoms with Crippen molar-refractivity contribution in [1.82, 2.24) is 4.98 Å². The highest BCUT2D eigenvalue weighted by atomic mass is 16.4. The average Bonchev–Trinajstić information content (AvgIpc) is 2.17. The van der Waals surface area contributed by atoms with E-state index >= 15 is 0 Å². The van der Waals surface area contributed by atoms with Crippen molar-refractivity contribution >= 4 is 23.5 Å². The van der Waals surface area contributed by atoms with Crippen molar-refractivity contribution in [2.45, 2.75) is 0 Å². The van der Waals surface area contributed by atoms with Gasteiger partial charge in [-0.1, -0.05) is 0 Å². The van der Waals surface area contributed by atoms with E-state index in [4.69, 9.17) is 10.0 Å². The molecule has 0 spiro atoms. The summed E-state index contributed by atoms with van der Waals surface area (Å²) in [6.45, 7) is 0. The van der Waals surface area contributed by atoms with E-state index in [2.05, 4.69) is 4.98 Å². The number of pyridine rings is 1. The normalized spacial score (nSPS) is 10.4. The molecule has 0 saturated heterocycles. The first-order valence-electron chi connectivity index (χ1n) is 4.12. The monoisotopic (exact) mass is 189 g/mol. The quantitative estimate of drug-likeness (QED) is 0.534. The largest absolute Gasteiger partial charge is 0.507 e. The SMILES string of the molecule is OB(O)c1cc(O)c2cccnc2c1. The van der Waals surface area contributed by atoms with Gasteiger partial charge in [-0.3, -0.25) is 4.98 Å². The van der Waals surface area contributed by atoms with Gasteiger partial charge >= 0.3 is 7.12 Å². The standard InChI is InChI=1S/C9H8BNO3/c12-9-5-6(10(13)14)4-8-7(9)2-1-3-11-8/h1-5,12-14H. The molecular weight excluding hydrogens is 181 g/mol. The van der Waals surface area contributed by atoms with E-state index in [0.29, 0.717) is 10.9 Å². The first-order valence-corrected chi connectivity index (χ1v) is 4.12. The molecule has 2 rings (SSSR count). The van der Waals surface area contributed by atoms with Gasteiger partial charge in [0.05, 0.1) is 5.52 Å². The Hall–Kier alpha value is -1.59. The maximum atomic E-state index is 9.54. The predicted molar refractivity (Wildman–Crippen MR) is 53.2 cm³/mol. The fraction of sp³-hybridized carbons (Fsp3) is 0. The first kappa shape index (κ1) is 8.99. The Balaban J connectivity index is 2.72. The molecule has 0 bridgehead atoms. The number of aromatic nitrogens is 1. The van der Waals surface area contributed by atoms with Crippen molar-refractivity contribution in [3.63, 3.8) is 0 Å². The van der Waals surface area contributed by atoms with Crippen LogP contribution in [0.15, 0.2) is 30.5 Å². The zero-order valence-corrected chi connectivity index (χ0v) is 7.25. The lowest BCUT2D eigenvalue weighted by molar-refractivity contribution is 0.425. The molecule has 70 valence electrons. The lowest BCUT2D eigenvalue weighted by Gasteiger charge is -2.03. The van der Waals surface area contributed by atoms with E-state index in [-0.39, 0.29) is 11.2 Å². The molecule has 1 aromatic heterocycles. The summed E-state index contributed by atoms with van der Waals surface area (Å²) in [4.78, 5) is 4.00. The zero-order chi connectivity index (χ0) is 10.1. The molecule has 4 nitrogen and oxygen atoms in total. The van der Waals surface area contributed by atoms with Crippen LogP contribution < -0.4 is 5.46 Å². The van der Waals surface area contributed by atoms with Gasteiger partial charge in [0.25, 0.3) is 0 Å². The van der Waals surface area contributed by atoms with E-state index in [0.717, 1.165) is 0 Å². The molecule has 2 aromatic rings. The fourth-order valence-electron chi connectivity index (χ4n) is 1.33. The van der Waals surface area contributed by atoms with Crippen LogP contribution in [0.1, 0.15) is 0 Å². The van der Waals surface area contributed by atoms with Crippen LogP contribution in [0.3, 0.4) is 0 Å². The summed E-state index contributed by atoms with van der Waals surface area (Å²) < 4.78 is 0. The highest BCUT2D eigenvalue weighted by molar-refractivity contribution is 6.59. The van der Waals surface area contributed by atoms with Gasteiger partial charge in [0.1, 0.15) is 5.75 Å². The molecule has 0 atom stereocenters. The van der Waals surface area contributed by atoms with Gasteiger partial charge in [0.2, 0.25) is 0 Å². The highest BCUT2D eigenvalue weighted by Gasteiger charge is 2.13. The van der Waals surface area contributed by atoms with Crippen molar-refractivity contribution in [1.29, 1.82) is 0 Å². The Labute approximate surface area is 80.6 Å². The third-order valence-corrected chi connectivity index (χ3v) is 2.02. The number of hydrogen-bond acceptors (Lipinski definition) is 4. The van der Waals surface area contributed by atoms with Gasteiger partial charge < -0.3 is 15.2 Å². The van der Waals surface area contributed by atoms with Crippen molar-refractivity contribution in [2.24, 2.45) is 0 Å². The molecule has 0 amide bonds. The van der Waals surface area contributed by atoms with Gasteiger partial charge in [-0.05, 0) is 29.7 Å². The number of rotatable bonds is 1. The van der Waals surface area contributed by atoms with Crippen LogP contribution >= 0.6 is 0 Å². The fourth-order valence-corrected chi connectivity index (χ4v) is 1.33. The second kappa shape index (κ2) is 3.28. The molecule has 0 saturated carbocycles. The summed E-state index contributed by atoms with van der Waals surface area (Å²) in [6, 6.07) is 6.26. The van der Waals surface area contributed by atoms with Crippen LogP contribution in [-0.4, -0.2) is 27.3 Å². The number of benzene rings is 1. The molecule has 5 heteroatoms. The topological polar surface area (TPSA) is 73.6 Å². The lowest BCUT2D eigenvalue weighted by atomic mass is 9.80. The van der Waals surface area contributed by atoms with Crippen LogP contribution in [0.5, 0.6) is 5.75 Å². The van der Waals surface area contributed by atoms with E-state index in [1.165, 1.54) is 12.1 Å². The van der Waals surface area contributed by atoms with Gasteiger partial charge in [-0.15, -0.1) is 0 Å². The molecule has 0 radical (unpaired) electrons. The van der Waals surface area contributed by atoms with Crippen LogP contribution in [0.2, 0.25) is 0 Å². The molecule has 14 heavy (non-hydrogen) atoms. The summed E-state index contributed by atoms with van der Waals surface area (Å²) in [7, 11) is -1.59.